The number of aliphatic hydroxyl groups excluding tert-OH is 1. The largest absolute Gasteiger partial charge is 0.505 e. The van der Waals surface area contributed by atoms with Crippen LogP contribution in [0.4, 0.5) is 0 Å². The van der Waals surface area contributed by atoms with E-state index in [4.69, 9.17) is 14.9 Å². The van der Waals surface area contributed by atoms with Crippen LogP contribution in [-0.2, 0) is 9.47 Å². The highest BCUT2D eigenvalue weighted by Crippen LogP contribution is 2.56. The Labute approximate surface area is 80.9 Å². The lowest BCUT2D eigenvalue weighted by molar-refractivity contribution is -0.177. The first-order chi connectivity index (χ1) is 6.77. The van der Waals surface area contributed by atoms with E-state index in [0.717, 1.165) is 6.42 Å². The predicted octanol–water partition coefficient (Wildman–Crippen LogP) is 1.39. The van der Waals surface area contributed by atoms with E-state index in [1.54, 1.807) is 0 Å². The SMILES string of the molecule is N#[N+]C1=C(O)[C@@H]2C[C@H]1C1(C2)OCCO1. The third-order valence-corrected chi connectivity index (χ3v) is 3.45. The van der Waals surface area contributed by atoms with E-state index >= 15 is 0 Å². The quantitative estimate of drug-likeness (QED) is 0.593. The van der Waals surface area contributed by atoms with Crippen molar-refractivity contribution in [1.29, 1.82) is 5.39 Å². The summed E-state index contributed by atoms with van der Waals surface area (Å²) in [5.41, 5.74) is 0.350. The van der Waals surface area contributed by atoms with Crippen LogP contribution < -0.4 is 0 Å². The maximum absolute atomic E-state index is 9.64. The standard InChI is InChI=1S/C9H10N2O3/c10-11-7-6-3-5(8(7)12)4-9(6)13-1-2-14-9/h5-6H,1-4H2/p+1/t5-,6-/m1/s1. The van der Waals surface area contributed by atoms with Crippen LogP contribution in [0.25, 0.3) is 4.98 Å². The van der Waals surface area contributed by atoms with Crippen LogP contribution in [0, 0.1) is 17.2 Å². The Bertz CT molecular complexity index is 352. The minimum atomic E-state index is -0.613. The number of hydrogen-bond donors (Lipinski definition) is 1. The molecule has 2 aliphatic carbocycles. The molecule has 1 saturated heterocycles. The molecular weight excluding hydrogens is 184 g/mol. The molecule has 3 aliphatic rings. The van der Waals surface area contributed by atoms with Gasteiger partial charge in [-0.15, -0.1) is 0 Å². The maximum Gasteiger partial charge on any atom is 0.407 e. The molecule has 2 fully saturated rings. The van der Waals surface area contributed by atoms with Crippen LogP contribution in [0.3, 0.4) is 0 Å². The first-order valence-electron chi connectivity index (χ1n) is 4.83. The van der Waals surface area contributed by atoms with Gasteiger partial charge in [-0.1, -0.05) is 0 Å². The summed E-state index contributed by atoms with van der Waals surface area (Å²) in [6.07, 6.45) is 1.45. The monoisotopic (exact) mass is 195 g/mol. The van der Waals surface area contributed by atoms with E-state index in [1.807, 2.05) is 0 Å². The molecule has 2 bridgehead atoms. The summed E-state index contributed by atoms with van der Waals surface area (Å²) < 4.78 is 11.2. The van der Waals surface area contributed by atoms with Gasteiger partial charge in [-0.2, -0.15) is 0 Å². The Morgan fingerprint density at radius 1 is 1.43 bits per heavy atom. The Morgan fingerprint density at radius 3 is 2.71 bits per heavy atom. The number of allylic oxidation sites excluding steroid dienone is 1. The van der Waals surface area contributed by atoms with Gasteiger partial charge in [0.05, 0.1) is 13.2 Å². The van der Waals surface area contributed by atoms with Gasteiger partial charge in [-0.05, 0) is 6.42 Å². The fourth-order valence-electron chi connectivity index (χ4n) is 2.86. The number of nitrogens with zero attached hydrogens (tertiary/aromatic N) is 2. The zero-order valence-electron chi connectivity index (χ0n) is 7.64. The minimum Gasteiger partial charge on any atom is -0.505 e. The summed E-state index contributed by atoms with van der Waals surface area (Å²) in [4.78, 5) is 3.14. The molecule has 0 amide bonds. The average molecular weight is 195 g/mol. The van der Waals surface area contributed by atoms with E-state index in [0.29, 0.717) is 25.3 Å². The molecule has 0 radical (unpaired) electrons. The molecule has 1 saturated carbocycles. The molecule has 14 heavy (non-hydrogen) atoms. The second-order valence-corrected chi connectivity index (χ2v) is 4.07. The van der Waals surface area contributed by atoms with Crippen molar-refractivity contribution in [3.8, 4) is 0 Å². The zero-order valence-corrected chi connectivity index (χ0v) is 7.64. The average Bonchev–Trinajstić information content (AvgIpc) is 2.83. The molecule has 0 aromatic carbocycles. The van der Waals surface area contributed by atoms with Crippen LogP contribution in [0.2, 0.25) is 0 Å². The minimum absolute atomic E-state index is 0.0454. The molecule has 0 aromatic heterocycles. The lowest BCUT2D eigenvalue weighted by Crippen LogP contribution is -2.37. The Kier molecular flexibility index (Phi) is 1.45. The van der Waals surface area contributed by atoms with E-state index in [1.165, 1.54) is 0 Å². The van der Waals surface area contributed by atoms with Crippen molar-refractivity contribution in [2.24, 2.45) is 11.8 Å². The topological polar surface area (TPSA) is 66.8 Å². The van der Waals surface area contributed by atoms with E-state index in [-0.39, 0.29) is 17.6 Å². The zero-order chi connectivity index (χ0) is 9.76. The molecule has 0 unspecified atom stereocenters. The molecule has 1 N–H and O–H groups in total. The van der Waals surface area contributed by atoms with Crippen molar-refractivity contribution in [3.05, 3.63) is 16.4 Å². The van der Waals surface area contributed by atoms with E-state index in [2.05, 4.69) is 4.98 Å². The van der Waals surface area contributed by atoms with Crippen molar-refractivity contribution >= 4 is 0 Å². The number of hydrogen-bond acceptors (Lipinski definition) is 4. The Hall–Kier alpha value is -1.12. The molecule has 1 heterocycles. The van der Waals surface area contributed by atoms with Crippen molar-refractivity contribution in [3.63, 3.8) is 0 Å². The number of aliphatic hydroxyl groups is 1. The third-order valence-electron chi connectivity index (χ3n) is 3.45. The van der Waals surface area contributed by atoms with Crippen LogP contribution in [0.5, 0.6) is 0 Å². The Balaban J connectivity index is 2.01. The van der Waals surface area contributed by atoms with E-state index in [9.17, 15) is 5.11 Å². The molecule has 2 atom stereocenters. The van der Waals surface area contributed by atoms with Crippen LogP contribution >= 0.6 is 0 Å². The van der Waals surface area contributed by atoms with Crippen LogP contribution in [0.15, 0.2) is 11.5 Å². The molecular formula is C9H11N2O3+. The summed E-state index contributed by atoms with van der Waals surface area (Å²) in [5, 5.41) is 18.4. The molecule has 0 aromatic rings. The summed E-state index contributed by atoms with van der Waals surface area (Å²) in [7, 11) is 0. The number of rotatable bonds is 0. The van der Waals surface area contributed by atoms with E-state index < -0.39 is 5.79 Å². The van der Waals surface area contributed by atoms with Crippen molar-refractivity contribution in [2.75, 3.05) is 13.2 Å². The lowest BCUT2D eigenvalue weighted by Gasteiger charge is -2.27. The Morgan fingerprint density at radius 2 is 2.14 bits per heavy atom. The van der Waals surface area contributed by atoms with Gasteiger partial charge in [0, 0.05) is 12.3 Å². The molecule has 3 rings (SSSR count). The van der Waals surface area contributed by atoms with Gasteiger partial charge in [0.15, 0.2) is 16.5 Å². The highest BCUT2D eigenvalue weighted by atomic mass is 16.7. The van der Waals surface area contributed by atoms with Gasteiger partial charge in [0.2, 0.25) is 5.39 Å². The second-order valence-electron chi connectivity index (χ2n) is 4.07. The van der Waals surface area contributed by atoms with Crippen LogP contribution in [0.1, 0.15) is 12.8 Å². The van der Waals surface area contributed by atoms with Crippen molar-refractivity contribution in [1.82, 2.24) is 0 Å². The van der Waals surface area contributed by atoms with Gasteiger partial charge in [-0.3, -0.25) is 0 Å². The fraction of sp³-hybridized carbons (Fsp3) is 0.778. The predicted molar refractivity (Wildman–Crippen MR) is 45.6 cm³/mol. The summed E-state index contributed by atoms with van der Waals surface area (Å²) in [6.45, 7) is 1.17. The second kappa shape index (κ2) is 2.47. The molecule has 1 aliphatic heterocycles. The van der Waals surface area contributed by atoms with Gasteiger partial charge in [-0.25, -0.2) is 0 Å². The summed E-state index contributed by atoms with van der Waals surface area (Å²) in [5.74, 6) is -0.454. The van der Waals surface area contributed by atoms with Gasteiger partial charge < -0.3 is 14.6 Å². The van der Waals surface area contributed by atoms with Crippen molar-refractivity contribution < 1.29 is 14.6 Å². The number of ether oxygens (including phenoxy) is 2. The number of diazo groups is 1. The van der Waals surface area contributed by atoms with Crippen molar-refractivity contribution in [2.45, 2.75) is 18.6 Å². The third kappa shape index (κ3) is 0.781. The molecule has 1 spiro atoms. The lowest BCUT2D eigenvalue weighted by atomic mass is 9.96. The fourth-order valence-corrected chi connectivity index (χ4v) is 2.86. The van der Waals surface area contributed by atoms with Crippen LogP contribution in [-0.4, -0.2) is 24.1 Å². The first kappa shape index (κ1) is 8.21. The first-order valence-corrected chi connectivity index (χ1v) is 4.83. The van der Waals surface area contributed by atoms with Gasteiger partial charge in [0.1, 0.15) is 5.92 Å². The summed E-state index contributed by atoms with van der Waals surface area (Å²) >= 11 is 0. The molecule has 5 heteroatoms. The van der Waals surface area contributed by atoms with Gasteiger partial charge >= 0.3 is 5.70 Å². The highest BCUT2D eigenvalue weighted by molar-refractivity contribution is 5.32. The molecule has 5 nitrogen and oxygen atoms in total. The number of fused-ring (bicyclic) bond motifs is 3. The maximum atomic E-state index is 9.64. The molecule has 74 valence electrons. The smallest absolute Gasteiger partial charge is 0.407 e. The highest BCUT2D eigenvalue weighted by Gasteiger charge is 2.64. The van der Waals surface area contributed by atoms with Gasteiger partial charge in [0.25, 0.3) is 0 Å². The summed E-state index contributed by atoms with van der Waals surface area (Å²) in [6, 6.07) is 0. The normalized spacial score (nSPS) is 38.2.